The highest BCUT2D eigenvalue weighted by Gasteiger charge is 2.16. The molecule has 2 rings (SSSR count). The molecule has 0 aliphatic carbocycles. The highest BCUT2D eigenvalue weighted by molar-refractivity contribution is 7.92. The molecule has 0 radical (unpaired) electrons. The molecule has 2 heterocycles. The second-order valence-corrected chi connectivity index (χ2v) is 4.14. The second kappa shape index (κ2) is 3.61. The van der Waals surface area contributed by atoms with Crippen molar-refractivity contribution >= 4 is 16.0 Å². The number of rotatable bonds is 3. The zero-order valence-electron chi connectivity index (χ0n) is 7.32. The lowest BCUT2D eigenvalue weighted by Crippen LogP contribution is -2.15. The van der Waals surface area contributed by atoms with Crippen LogP contribution >= 0.6 is 0 Å². The molecule has 78 valence electrons. The Morgan fingerprint density at radius 3 is 2.73 bits per heavy atom. The standard InChI is InChI=1S/C6H6N6O2S/c13-15(14,5-1-2-8-10-5)12-6-7-3-4-9-11-6/h1-4H,(H,8,10)(H,7,11,12). The molecule has 0 amide bonds. The van der Waals surface area contributed by atoms with Gasteiger partial charge in [0.1, 0.15) is 0 Å². The minimum Gasteiger partial charge on any atom is -0.266 e. The van der Waals surface area contributed by atoms with Crippen molar-refractivity contribution in [1.82, 2.24) is 25.4 Å². The first-order valence-electron chi connectivity index (χ1n) is 3.84. The van der Waals surface area contributed by atoms with E-state index in [1.165, 1.54) is 24.7 Å². The topological polar surface area (TPSA) is 114 Å². The summed E-state index contributed by atoms with van der Waals surface area (Å²) in [5.74, 6) is -0.0906. The fraction of sp³-hybridized carbons (Fsp3) is 0. The van der Waals surface area contributed by atoms with Gasteiger partial charge in [-0.15, -0.1) is 5.10 Å². The summed E-state index contributed by atoms with van der Waals surface area (Å²) < 4.78 is 25.3. The van der Waals surface area contributed by atoms with Crippen molar-refractivity contribution in [1.29, 1.82) is 0 Å². The van der Waals surface area contributed by atoms with E-state index in [4.69, 9.17) is 0 Å². The third-order valence-corrected chi connectivity index (χ3v) is 2.73. The number of hydrogen-bond acceptors (Lipinski definition) is 6. The molecule has 9 heteroatoms. The predicted octanol–water partition coefficient (Wildman–Crippen LogP) is -0.605. The second-order valence-electron chi connectivity index (χ2n) is 2.49. The van der Waals surface area contributed by atoms with E-state index in [1.807, 2.05) is 0 Å². The Labute approximate surface area is 84.8 Å². The maximum absolute atomic E-state index is 11.6. The van der Waals surface area contributed by atoms with Gasteiger partial charge in [-0.05, 0) is 6.07 Å². The molecule has 2 aromatic rings. The Kier molecular flexibility index (Phi) is 2.29. The number of nitrogens with one attached hydrogen (secondary N) is 2. The quantitative estimate of drug-likeness (QED) is 0.722. The van der Waals surface area contributed by atoms with Crippen molar-refractivity contribution in [3.63, 3.8) is 0 Å². The van der Waals surface area contributed by atoms with Crippen molar-refractivity contribution in [2.45, 2.75) is 5.03 Å². The molecule has 0 fully saturated rings. The molecule has 0 saturated carbocycles. The highest BCUT2D eigenvalue weighted by atomic mass is 32.2. The maximum atomic E-state index is 11.6. The summed E-state index contributed by atoms with van der Waals surface area (Å²) in [6, 6.07) is 1.32. The Hall–Kier alpha value is -2.03. The summed E-state index contributed by atoms with van der Waals surface area (Å²) in [5.41, 5.74) is 0. The summed E-state index contributed by atoms with van der Waals surface area (Å²) >= 11 is 0. The molecule has 2 aromatic heterocycles. The average Bonchev–Trinajstić information content (AvgIpc) is 2.71. The summed E-state index contributed by atoms with van der Waals surface area (Å²) in [6.07, 6.45) is 4.00. The lowest BCUT2D eigenvalue weighted by atomic mass is 10.8. The van der Waals surface area contributed by atoms with E-state index in [0.29, 0.717) is 0 Å². The van der Waals surface area contributed by atoms with Gasteiger partial charge < -0.3 is 0 Å². The fourth-order valence-corrected chi connectivity index (χ4v) is 1.72. The van der Waals surface area contributed by atoms with E-state index in [0.717, 1.165) is 0 Å². The van der Waals surface area contributed by atoms with E-state index in [9.17, 15) is 8.42 Å². The fourth-order valence-electron chi connectivity index (χ4n) is 0.862. The Morgan fingerprint density at radius 2 is 2.13 bits per heavy atom. The minimum atomic E-state index is -3.70. The van der Waals surface area contributed by atoms with Crippen LogP contribution in [-0.2, 0) is 10.0 Å². The maximum Gasteiger partial charge on any atom is 0.281 e. The molecule has 0 aliphatic rings. The van der Waals surface area contributed by atoms with E-state index in [1.54, 1.807) is 0 Å². The van der Waals surface area contributed by atoms with Gasteiger partial charge in [0.15, 0.2) is 5.03 Å². The van der Waals surface area contributed by atoms with Crippen molar-refractivity contribution in [3.05, 3.63) is 24.7 Å². The van der Waals surface area contributed by atoms with Crippen LogP contribution in [0.5, 0.6) is 0 Å². The lowest BCUT2D eigenvalue weighted by Gasteiger charge is -2.01. The van der Waals surface area contributed by atoms with Gasteiger partial charge in [0, 0.05) is 0 Å². The smallest absolute Gasteiger partial charge is 0.266 e. The largest absolute Gasteiger partial charge is 0.281 e. The molecule has 0 spiro atoms. The molecule has 0 atom stereocenters. The summed E-state index contributed by atoms with van der Waals surface area (Å²) in [4.78, 5) is 3.68. The number of aromatic nitrogens is 5. The number of nitrogens with zero attached hydrogens (tertiary/aromatic N) is 4. The minimum absolute atomic E-state index is 0.0602. The van der Waals surface area contributed by atoms with Gasteiger partial charge in [-0.2, -0.15) is 18.6 Å². The number of anilines is 1. The average molecular weight is 226 g/mol. The summed E-state index contributed by atoms with van der Waals surface area (Å²) in [5, 5.41) is 12.8. The molecule has 0 aliphatic heterocycles. The Bertz CT molecular complexity index is 522. The van der Waals surface area contributed by atoms with Crippen LogP contribution in [-0.4, -0.2) is 33.8 Å². The van der Waals surface area contributed by atoms with Gasteiger partial charge in [-0.3, -0.25) is 5.10 Å². The zero-order chi connectivity index (χ0) is 10.7. The SMILES string of the molecule is O=S(=O)(Nc1nccnn1)c1ccn[nH]1. The van der Waals surface area contributed by atoms with Crippen LogP contribution in [0.25, 0.3) is 0 Å². The molecule has 8 nitrogen and oxygen atoms in total. The highest BCUT2D eigenvalue weighted by Crippen LogP contribution is 2.07. The van der Waals surface area contributed by atoms with Gasteiger partial charge in [0.2, 0.25) is 0 Å². The molecule has 0 bridgehead atoms. The van der Waals surface area contributed by atoms with Crippen molar-refractivity contribution < 1.29 is 8.42 Å². The number of aromatic amines is 1. The van der Waals surface area contributed by atoms with Gasteiger partial charge in [0.25, 0.3) is 16.0 Å². The van der Waals surface area contributed by atoms with Crippen LogP contribution in [0.2, 0.25) is 0 Å². The van der Waals surface area contributed by atoms with Gasteiger partial charge in [-0.1, -0.05) is 0 Å². The van der Waals surface area contributed by atoms with E-state index < -0.39 is 10.0 Å². The molecule has 0 saturated heterocycles. The Balaban J connectivity index is 2.27. The van der Waals surface area contributed by atoms with Crippen LogP contribution in [0.3, 0.4) is 0 Å². The first kappa shape index (κ1) is 9.52. The van der Waals surface area contributed by atoms with Crippen molar-refractivity contribution in [2.75, 3.05) is 4.72 Å². The van der Waals surface area contributed by atoms with E-state index in [2.05, 4.69) is 30.1 Å². The zero-order valence-corrected chi connectivity index (χ0v) is 8.14. The summed E-state index contributed by atoms with van der Waals surface area (Å²) in [6.45, 7) is 0. The number of H-pyrrole nitrogens is 1. The van der Waals surface area contributed by atoms with Crippen molar-refractivity contribution in [2.24, 2.45) is 0 Å². The molecular formula is C6H6N6O2S. The molecule has 0 aromatic carbocycles. The van der Waals surface area contributed by atoms with Crippen LogP contribution < -0.4 is 4.72 Å². The monoisotopic (exact) mass is 226 g/mol. The first-order valence-corrected chi connectivity index (χ1v) is 5.33. The molecular weight excluding hydrogens is 220 g/mol. The first-order chi connectivity index (χ1) is 7.18. The van der Waals surface area contributed by atoms with Crippen LogP contribution in [0.15, 0.2) is 29.7 Å². The number of hydrogen-bond donors (Lipinski definition) is 2. The van der Waals surface area contributed by atoms with Gasteiger partial charge in [-0.25, -0.2) is 9.71 Å². The predicted molar refractivity (Wildman–Crippen MR) is 49.2 cm³/mol. The molecule has 2 N–H and O–H groups in total. The van der Waals surface area contributed by atoms with Gasteiger partial charge in [0.05, 0.1) is 18.6 Å². The number of sulfonamides is 1. The normalized spacial score (nSPS) is 11.2. The third kappa shape index (κ3) is 2.07. The van der Waals surface area contributed by atoms with Crippen molar-refractivity contribution in [3.8, 4) is 0 Å². The van der Waals surface area contributed by atoms with Crippen LogP contribution in [0.4, 0.5) is 5.95 Å². The van der Waals surface area contributed by atoms with Crippen LogP contribution in [0, 0.1) is 0 Å². The molecule has 15 heavy (non-hydrogen) atoms. The van der Waals surface area contributed by atoms with Gasteiger partial charge >= 0.3 is 0 Å². The van der Waals surface area contributed by atoms with E-state index in [-0.39, 0.29) is 11.0 Å². The molecule has 0 unspecified atom stereocenters. The Morgan fingerprint density at radius 1 is 1.27 bits per heavy atom. The van der Waals surface area contributed by atoms with Crippen LogP contribution in [0.1, 0.15) is 0 Å². The third-order valence-electron chi connectivity index (χ3n) is 1.47. The summed E-state index contributed by atoms with van der Waals surface area (Å²) in [7, 11) is -3.70. The lowest BCUT2D eigenvalue weighted by molar-refractivity contribution is 0.596. The van der Waals surface area contributed by atoms with E-state index >= 15 is 0 Å².